The van der Waals surface area contributed by atoms with Crippen molar-refractivity contribution in [2.24, 2.45) is 0 Å². The van der Waals surface area contributed by atoms with Crippen LogP contribution in [0, 0.1) is 0 Å². The molecule has 16 heavy (non-hydrogen) atoms. The normalized spacial score (nSPS) is 12.9. The molecule has 1 unspecified atom stereocenters. The van der Waals surface area contributed by atoms with Crippen molar-refractivity contribution in [1.82, 2.24) is 5.32 Å². The Kier molecular flexibility index (Phi) is 4.08. The number of nitrogens with one attached hydrogen (secondary N) is 1. The zero-order chi connectivity index (χ0) is 11.5. The number of thiophene rings is 1. The summed E-state index contributed by atoms with van der Waals surface area (Å²) in [6.07, 6.45) is 0.887. The standard InChI is InChI=1S/C11H11BrClNOS/c1-14-8(9-2-3-11(13)15-9)6-10-7(12)4-5-16-10/h2-5,8,14H,6H2,1H3. The van der Waals surface area contributed by atoms with Gasteiger partial charge in [0.2, 0.25) is 0 Å². The summed E-state index contributed by atoms with van der Waals surface area (Å²) in [5, 5.41) is 5.73. The van der Waals surface area contributed by atoms with Crippen LogP contribution in [0.15, 0.2) is 32.5 Å². The lowest BCUT2D eigenvalue weighted by molar-refractivity contribution is 0.432. The van der Waals surface area contributed by atoms with Crippen molar-refractivity contribution in [3.8, 4) is 0 Å². The van der Waals surface area contributed by atoms with Gasteiger partial charge >= 0.3 is 0 Å². The highest BCUT2D eigenvalue weighted by Crippen LogP contribution is 2.29. The lowest BCUT2D eigenvalue weighted by atomic mass is 10.1. The van der Waals surface area contributed by atoms with Crippen molar-refractivity contribution >= 4 is 38.9 Å². The van der Waals surface area contributed by atoms with Crippen molar-refractivity contribution in [2.45, 2.75) is 12.5 Å². The third kappa shape index (κ3) is 2.69. The van der Waals surface area contributed by atoms with Crippen molar-refractivity contribution in [3.63, 3.8) is 0 Å². The number of furan rings is 1. The SMILES string of the molecule is CNC(Cc1sccc1Br)c1ccc(Cl)o1. The van der Waals surface area contributed by atoms with Crippen LogP contribution in [-0.2, 0) is 6.42 Å². The van der Waals surface area contributed by atoms with E-state index in [4.69, 9.17) is 16.0 Å². The Morgan fingerprint density at radius 1 is 1.50 bits per heavy atom. The molecule has 2 aromatic rings. The molecule has 1 N–H and O–H groups in total. The van der Waals surface area contributed by atoms with E-state index >= 15 is 0 Å². The maximum atomic E-state index is 5.77. The van der Waals surface area contributed by atoms with Crippen LogP contribution in [0.4, 0.5) is 0 Å². The van der Waals surface area contributed by atoms with Gasteiger partial charge in [0.15, 0.2) is 5.22 Å². The van der Waals surface area contributed by atoms with Crippen LogP contribution in [0.5, 0.6) is 0 Å². The number of rotatable bonds is 4. The highest BCUT2D eigenvalue weighted by atomic mass is 79.9. The van der Waals surface area contributed by atoms with Crippen LogP contribution in [0.1, 0.15) is 16.7 Å². The van der Waals surface area contributed by atoms with E-state index in [9.17, 15) is 0 Å². The van der Waals surface area contributed by atoms with Crippen LogP contribution in [0.25, 0.3) is 0 Å². The topological polar surface area (TPSA) is 25.2 Å². The maximum Gasteiger partial charge on any atom is 0.193 e. The van der Waals surface area contributed by atoms with Crippen molar-refractivity contribution in [1.29, 1.82) is 0 Å². The maximum absolute atomic E-state index is 5.77. The Hall–Kier alpha value is -0.290. The van der Waals surface area contributed by atoms with Gasteiger partial charge in [-0.25, -0.2) is 0 Å². The zero-order valence-corrected chi connectivity index (χ0v) is 11.8. The highest BCUT2D eigenvalue weighted by Gasteiger charge is 2.16. The summed E-state index contributed by atoms with van der Waals surface area (Å²) in [7, 11) is 1.92. The minimum atomic E-state index is 0.155. The minimum absolute atomic E-state index is 0.155. The molecule has 2 nitrogen and oxygen atoms in total. The molecule has 86 valence electrons. The van der Waals surface area contributed by atoms with Gasteiger partial charge in [-0.1, -0.05) is 0 Å². The van der Waals surface area contributed by atoms with Crippen molar-refractivity contribution < 1.29 is 4.42 Å². The molecule has 0 saturated heterocycles. The van der Waals surface area contributed by atoms with Crippen LogP contribution in [-0.4, -0.2) is 7.05 Å². The summed E-state index contributed by atoms with van der Waals surface area (Å²) in [6, 6.07) is 5.89. The second-order valence-corrected chi connectivity index (χ2v) is 5.61. The van der Waals surface area contributed by atoms with Crippen LogP contribution in [0.3, 0.4) is 0 Å². The van der Waals surface area contributed by atoms with E-state index in [2.05, 4.69) is 32.7 Å². The van der Waals surface area contributed by atoms with Gasteiger partial charge in [-0.2, -0.15) is 0 Å². The molecule has 0 aromatic carbocycles. The fraction of sp³-hybridized carbons (Fsp3) is 0.273. The summed E-state index contributed by atoms with van der Waals surface area (Å²) < 4.78 is 6.57. The monoisotopic (exact) mass is 319 g/mol. The average molecular weight is 321 g/mol. The number of hydrogen-bond donors (Lipinski definition) is 1. The quantitative estimate of drug-likeness (QED) is 0.910. The van der Waals surface area contributed by atoms with Crippen molar-refractivity contribution in [3.05, 3.63) is 43.9 Å². The second-order valence-electron chi connectivity index (χ2n) is 3.38. The van der Waals surface area contributed by atoms with Gasteiger partial charge in [0, 0.05) is 15.8 Å². The summed E-state index contributed by atoms with van der Waals surface area (Å²) in [5.74, 6) is 0.868. The molecule has 0 saturated carbocycles. The minimum Gasteiger partial charge on any atom is -0.448 e. The van der Waals surface area contributed by atoms with Gasteiger partial charge < -0.3 is 9.73 Å². The van der Waals surface area contributed by atoms with E-state index in [0.29, 0.717) is 5.22 Å². The molecule has 2 heterocycles. The lowest BCUT2D eigenvalue weighted by Gasteiger charge is -2.12. The van der Waals surface area contributed by atoms with E-state index in [-0.39, 0.29) is 6.04 Å². The number of likely N-dealkylation sites (N-methyl/N-ethyl adjacent to an activating group) is 1. The molecule has 0 amide bonds. The second kappa shape index (κ2) is 5.36. The third-order valence-corrected chi connectivity index (χ3v) is 4.52. The van der Waals surface area contributed by atoms with Gasteiger partial charge in [-0.05, 0) is 58.2 Å². The van der Waals surface area contributed by atoms with Gasteiger partial charge in [-0.3, -0.25) is 0 Å². The molecule has 0 spiro atoms. The summed E-state index contributed by atoms with van der Waals surface area (Å²) >= 11 is 11.0. The molecule has 2 rings (SSSR count). The van der Waals surface area contributed by atoms with Gasteiger partial charge in [0.05, 0.1) is 6.04 Å². The molecule has 2 aromatic heterocycles. The van der Waals surface area contributed by atoms with Gasteiger partial charge in [-0.15, -0.1) is 11.3 Å². The fourth-order valence-electron chi connectivity index (χ4n) is 1.52. The average Bonchev–Trinajstić information content (AvgIpc) is 2.85. The predicted octanol–water partition coefficient (Wildman–Crippen LogP) is 4.26. The Labute approximate surface area is 112 Å². The Bertz CT molecular complexity index is 468. The van der Waals surface area contributed by atoms with Crippen molar-refractivity contribution in [2.75, 3.05) is 7.05 Å². The smallest absolute Gasteiger partial charge is 0.193 e. The molecule has 0 aliphatic rings. The third-order valence-electron chi connectivity index (χ3n) is 2.37. The first kappa shape index (κ1) is 12.2. The summed E-state index contributed by atoms with van der Waals surface area (Å²) in [4.78, 5) is 1.30. The lowest BCUT2D eigenvalue weighted by Crippen LogP contribution is -2.17. The molecule has 0 bridgehead atoms. The summed E-state index contributed by atoms with van der Waals surface area (Å²) in [6.45, 7) is 0. The fourth-order valence-corrected chi connectivity index (χ4v) is 3.23. The molecule has 5 heteroatoms. The first-order valence-electron chi connectivity index (χ1n) is 4.85. The van der Waals surface area contributed by atoms with Gasteiger partial charge in [0.1, 0.15) is 5.76 Å². The molecule has 0 aliphatic heterocycles. The zero-order valence-electron chi connectivity index (χ0n) is 8.67. The van der Waals surface area contributed by atoms with E-state index in [0.717, 1.165) is 16.7 Å². The van der Waals surface area contributed by atoms with E-state index in [1.54, 1.807) is 17.4 Å². The molecule has 0 fully saturated rings. The van der Waals surface area contributed by atoms with Crippen LogP contribution < -0.4 is 5.32 Å². The predicted molar refractivity (Wildman–Crippen MR) is 71.2 cm³/mol. The van der Waals surface area contributed by atoms with E-state index in [1.807, 2.05) is 13.1 Å². The van der Waals surface area contributed by atoms with Crippen LogP contribution in [0.2, 0.25) is 5.22 Å². The molecular weight excluding hydrogens is 310 g/mol. The Balaban J connectivity index is 2.15. The van der Waals surface area contributed by atoms with E-state index in [1.165, 1.54) is 4.88 Å². The first-order valence-corrected chi connectivity index (χ1v) is 6.90. The highest BCUT2D eigenvalue weighted by molar-refractivity contribution is 9.10. The largest absolute Gasteiger partial charge is 0.448 e. The Morgan fingerprint density at radius 2 is 2.31 bits per heavy atom. The first-order chi connectivity index (χ1) is 7.70. The number of hydrogen-bond acceptors (Lipinski definition) is 3. The Morgan fingerprint density at radius 3 is 2.81 bits per heavy atom. The van der Waals surface area contributed by atoms with E-state index < -0.39 is 0 Å². The molecular formula is C11H11BrClNOS. The molecule has 1 atom stereocenters. The van der Waals surface area contributed by atoms with Gasteiger partial charge in [0.25, 0.3) is 0 Å². The molecule has 0 aliphatic carbocycles. The van der Waals surface area contributed by atoms with Crippen LogP contribution >= 0.6 is 38.9 Å². The number of halogens is 2. The molecule has 0 radical (unpaired) electrons. The summed E-state index contributed by atoms with van der Waals surface area (Å²) in [5.41, 5.74) is 0.